The number of nitrogens with two attached hydrogens (primary N) is 1. The third-order valence-electron chi connectivity index (χ3n) is 2.94. The molecule has 0 saturated heterocycles. The molecule has 0 aromatic rings. The number of carbonyl (C=O) groups is 1. The zero-order chi connectivity index (χ0) is 11.3. The van der Waals surface area contributed by atoms with Gasteiger partial charge in [0.05, 0.1) is 11.0 Å². The molecule has 0 aromatic heterocycles. The van der Waals surface area contributed by atoms with Gasteiger partial charge in [-0.2, -0.15) is 0 Å². The highest BCUT2D eigenvalue weighted by molar-refractivity contribution is 7.80. The second kappa shape index (κ2) is 5.90. The SMILES string of the molecule is CNC(=O)NC(C(N)=S)C1CCCCC1. The average molecular weight is 229 g/mol. The summed E-state index contributed by atoms with van der Waals surface area (Å²) in [6.45, 7) is 0. The van der Waals surface area contributed by atoms with Crippen molar-refractivity contribution in [1.82, 2.24) is 10.6 Å². The number of thiocarbonyl (C=S) groups is 1. The van der Waals surface area contributed by atoms with Crippen molar-refractivity contribution in [2.75, 3.05) is 7.05 Å². The Morgan fingerprint density at radius 2 is 2.00 bits per heavy atom. The van der Waals surface area contributed by atoms with Crippen molar-refractivity contribution in [3.8, 4) is 0 Å². The lowest BCUT2D eigenvalue weighted by Crippen LogP contribution is -2.51. The molecule has 0 aromatic carbocycles. The molecule has 0 aliphatic heterocycles. The highest BCUT2D eigenvalue weighted by Gasteiger charge is 2.26. The van der Waals surface area contributed by atoms with E-state index in [1.54, 1.807) is 7.05 Å². The maximum Gasteiger partial charge on any atom is 0.315 e. The first-order valence-corrected chi connectivity index (χ1v) is 5.83. The van der Waals surface area contributed by atoms with Crippen LogP contribution in [0.4, 0.5) is 4.79 Å². The molecule has 4 nitrogen and oxygen atoms in total. The summed E-state index contributed by atoms with van der Waals surface area (Å²) in [6, 6.07) is -0.362. The standard InChI is InChI=1S/C10H19N3OS/c1-12-10(14)13-8(9(11)15)7-5-3-2-4-6-7/h7-8H,2-6H2,1H3,(H2,11,15)(H2,12,13,14). The van der Waals surface area contributed by atoms with Crippen LogP contribution in [0.5, 0.6) is 0 Å². The monoisotopic (exact) mass is 229 g/mol. The second-order valence-corrected chi connectivity index (χ2v) is 4.47. The van der Waals surface area contributed by atoms with E-state index in [0.29, 0.717) is 10.9 Å². The van der Waals surface area contributed by atoms with Crippen LogP contribution in [0, 0.1) is 5.92 Å². The van der Waals surface area contributed by atoms with Crippen molar-refractivity contribution in [2.45, 2.75) is 38.1 Å². The highest BCUT2D eigenvalue weighted by Crippen LogP contribution is 2.26. The number of urea groups is 1. The summed E-state index contributed by atoms with van der Waals surface area (Å²) in [5.74, 6) is 0.411. The van der Waals surface area contributed by atoms with Crippen molar-refractivity contribution < 1.29 is 4.79 Å². The summed E-state index contributed by atoms with van der Waals surface area (Å²) >= 11 is 5.00. The van der Waals surface area contributed by atoms with Gasteiger partial charge in [-0.15, -0.1) is 0 Å². The molecule has 0 radical (unpaired) electrons. The lowest BCUT2D eigenvalue weighted by molar-refractivity contribution is 0.233. The third-order valence-corrected chi connectivity index (χ3v) is 3.20. The van der Waals surface area contributed by atoms with Gasteiger partial charge in [0, 0.05) is 7.05 Å². The van der Waals surface area contributed by atoms with E-state index < -0.39 is 0 Å². The molecule has 1 fully saturated rings. The van der Waals surface area contributed by atoms with Crippen LogP contribution in [0.15, 0.2) is 0 Å². The molecule has 1 aliphatic carbocycles. The van der Waals surface area contributed by atoms with Crippen LogP contribution in [0.1, 0.15) is 32.1 Å². The van der Waals surface area contributed by atoms with Gasteiger partial charge in [0.25, 0.3) is 0 Å². The predicted octanol–water partition coefficient (Wildman–Crippen LogP) is 1.15. The Bertz CT molecular complexity index is 239. The molecular weight excluding hydrogens is 210 g/mol. The van der Waals surface area contributed by atoms with Crippen LogP contribution in [0.3, 0.4) is 0 Å². The fourth-order valence-electron chi connectivity index (χ4n) is 2.10. The predicted molar refractivity (Wildman–Crippen MR) is 64.7 cm³/mol. The summed E-state index contributed by atoms with van der Waals surface area (Å²) in [5.41, 5.74) is 5.66. The van der Waals surface area contributed by atoms with Crippen LogP contribution >= 0.6 is 12.2 Å². The zero-order valence-corrected chi connectivity index (χ0v) is 9.90. The molecule has 1 unspecified atom stereocenters. The van der Waals surface area contributed by atoms with Crippen LogP contribution in [-0.2, 0) is 0 Å². The molecule has 1 saturated carbocycles. The van der Waals surface area contributed by atoms with Gasteiger partial charge in [0.1, 0.15) is 0 Å². The van der Waals surface area contributed by atoms with Gasteiger partial charge in [-0.1, -0.05) is 31.5 Å². The van der Waals surface area contributed by atoms with Crippen LogP contribution in [0.2, 0.25) is 0 Å². The lowest BCUT2D eigenvalue weighted by atomic mass is 9.84. The number of hydrogen-bond acceptors (Lipinski definition) is 2. The maximum atomic E-state index is 11.2. The van der Waals surface area contributed by atoms with Crippen molar-refractivity contribution in [2.24, 2.45) is 11.7 Å². The maximum absolute atomic E-state index is 11.2. The Kier molecular flexibility index (Phi) is 4.81. The van der Waals surface area contributed by atoms with E-state index >= 15 is 0 Å². The minimum Gasteiger partial charge on any atom is -0.392 e. The normalized spacial score (nSPS) is 19.3. The average Bonchev–Trinajstić information content (AvgIpc) is 2.26. The molecule has 0 bridgehead atoms. The van der Waals surface area contributed by atoms with E-state index in [4.69, 9.17) is 18.0 Å². The fraction of sp³-hybridized carbons (Fsp3) is 0.800. The van der Waals surface area contributed by atoms with Crippen molar-refractivity contribution in [1.29, 1.82) is 0 Å². The molecule has 1 rings (SSSR count). The summed E-state index contributed by atoms with van der Waals surface area (Å²) in [5, 5.41) is 5.34. The van der Waals surface area contributed by atoms with E-state index in [9.17, 15) is 4.79 Å². The Labute approximate surface area is 96.0 Å². The van der Waals surface area contributed by atoms with Crippen molar-refractivity contribution in [3.63, 3.8) is 0 Å². The summed E-state index contributed by atoms with van der Waals surface area (Å²) in [6.07, 6.45) is 5.90. The van der Waals surface area contributed by atoms with E-state index in [1.165, 1.54) is 19.3 Å². The summed E-state index contributed by atoms with van der Waals surface area (Å²) in [7, 11) is 1.59. The summed E-state index contributed by atoms with van der Waals surface area (Å²) < 4.78 is 0. The number of nitrogens with one attached hydrogen (secondary N) is 2. The molecule has 15 heavy (non-hydrogen) atoms. The van der Waals surface area contributed by atoms with Gasteiger partial charge < -0.3 is 16.4 Å². The number of amides is 2. The number of hydrogen-bond donors (Lipinski definition) is 3. The molecule has 1 atom stereocenters. The van der Waals surface area contributed by atoms with Crippen molar-refractivity contribution >= 4 is 23.2 Å². The van der Waals surface area contributed by atoms with Gasteiger partial charge in [-0.05, 0) is 18.8 Å². The first-order valence-electron chi connectivity index (χ1n) is 5.42. The van der Waals surface area contributed by atoms with Crippen LogP contribution < -0.4 is 16.4 Å². The first kappa shape index (κ1) is 12.2. The Hall–Kier alpha value is -0.840. The Morgan fingerprint density at radius 3 is 2.47 bits per heavy atom. The van der Waals surface area contributed by atoms with E-state index in [0.717, 1.165) is 12.8 Å². The largest absolute Gasteiger partial charge is 0.392 e. The van der Waals surface area contributed by atoms with E-state index in [-0.39, 0.29) is 12.1 Å². The molecule has 0 heterocycles. The minimum absolute atomic E-state index is 0.153. The van der Waals surface area contributed by atoms with Crippen LogP contribution in [0.25, 0.3) is 0 Å². The molecule has 4 N–H and O–H groups in total. The van der Waals surface area contributed by atoms with Gasteiger partial charge in [0.15, 0.2) is 0 Å². The first-order chi connectivity index (χ1) is 7.15. The second-order valence-electron chi connectivity index (χ2n) is 4.00. The Morgan fingerprint density at radius 1 is 1.40 bits per heavy atom. The van der Waals surface area contributed by atoms with E-state index in [1.807, 2.05) is 0 Å². The van der Waals surface area contributed by atoms with Gasteiger partial charge >= 0.3 is 6.03 Å². The molecule has 5 heteroatoms. The number of carbonyl (C=O) groups excluding carboxylic acids is 1. The third kappa shape index (κ3) is 3.66. The summed E-state index contributed by atoms with van der Waals surface area (Å²) in [4.78, 5) is 11.6. The zero-order valence-electron chi connectivity index (χ0n) is 9.08. The van der Waals surface area contributed by atoms with E-state index in [2.05, 4.69) is 10.6 Å². The van der Waals surface area contributed by atoms with Gasteiger partial charge in [-0.25, -0.2) is 4.79 Å². The highest BCUT2D eigenvalue weighted by atomic mass is 32.1. The van der Waals surface area contributed by atoms with Crippen LogP contribution in [-0.4, -0.2) is 24.1 Å². The molecule has 1 aliphatic rings. The molecule has 86 valence electrons. The fourth-order valence-corrected chi connectivity index (χ4v) is 2.35. The van der Waals surface area contributed by atoms with Gasteiger partial charge in [-0.3, -0.25) is 0 Å². The topological polar surface area (TPSA) is 67.2 Å². The minimum atomic E-state index is -0.210. The molecule has 2 amide bonds. The smallest absolute Gasteiger partial charge is 0.315 e. The quantitative estimate of drug-likeness (QED) is 0.636. The van der Waals surface area contributed by atoms with Crippen molar-refractivity contribution in [3.05, 3.63) is 0 Å². The molecule has 0 spiro atoms. The Balaban J connectivity index is 2.55. The molecular formula is C10H19N3OS. The van der Waals surface area contributed by atoms with Gasteiger partial charge in [0.2, 0.25) is 0 Å². The number of rotatable bonds is 3. The lowest BCUT2D eigenvalue weighted by Gasteiger charge is -2.29.